The van der Waals surface area contributed by atoms with Crippen LogP contribution in [0.1, 0.15) is 101 Å². The highest BCUT2D eigenvalue weighted by Gasteiger charge is 2.84. The van der Waals surface area contributed by atoms with Crippen LogP contribution in [-0.4, -0.2) is 148 Å². The van der Waals surface area contributed by atoms with Gasteiger partial charge in [-0.2, -0.15) is 0 Å². The van der Waals surface area contributed by atoms with Gasteiger partial charge in [-0.15, -0.1) is 0 Å². The summed E-state index contributed by atoms with van der Waals surface area (Å²) in [5, 5.41) is 44.7. The van der Waals surface area contributed by atoms with Gasteiger partial charge in [-0.1, -0.05) is 75.7 Å². The zero-order valence-electron chi connectivity index (χ0n) is 44.1. The van der Waals surface area contributed by atoms with Crippen molar-refractivity contribution in [2.45, 2.75) is 131 Å². The number of fused-ring (bicyclic) bond motifs is 7. The number of esters is 2. The number of carbonyl (C=O) groups excluding carboxylic acids is 3. The molecule has 1 spiro atoms. The van der Waals surface area contributed by atoms with Crippen molar-refractivity contribution >= 4 is 45.3 Å². The molecule has 7 heterocycles. The van der Waals surface area contributed by atoms with Gasteiger partial charge in [0.05, 0.1) is 32.0 Å². The largest absolute Gasteiger partial charge is 0.496 e. The van der Waals surface area contributed by atoms with Crippen LogP contribution < -0.4 is 15.0 Å². The molecule has 1 aliphatic carbocycles. The molecular formula is C59H74N6O9. The molecule has 2 aromatic heterocycles. The smallest absolute Gasteiger partial charge is 0.328 e. The third-order valence-electron chi connectivity index (χ3n) is 19.5. The molecule has 1 saturated carbocycles. The van der Waals surface area contributed by atoms with Crippen molar-refractivity contribution in [1.82, 2.24) is 25.1 Å². The second-order valence-electron chi connectivity index (χ2n) is 22.7. The molecule has 6 aliphatic rings. The van der Waals surface area contributed by atoms with Gasteiger partial charge in [-0.25, -0.2) is 4.79 Å². The van der Waals surface area contributed by atoms with Crippen molar-refractivity contribution in [3.05, 3.63) is 107 Å². The third-order valence-corrected chi connectivity index (χ3v) is 19.5. The van der Waals surface area contributed by atoms with E-state index in [9.17, 15) is 20.1 Å². The van der Waals surface area contributed by atoms with E-state index in [1.54, 1.807) is 7.11 Å². The summed E-state index contributed by atoms with van der Waals surface area (Å²) in [4.78, 5) is 59.8. The van der Waals surface area contributed by atoms with Crippen LogP contribution >= 0.6 is 0 Å². The number of aromatic nitrogens is 2. The summed E-state index contributed by atoms with van der Waals surface area (Å²) >= 11 is 0. The number of carbonyl (C=O) groups is 3. The molecule has 15 nitrogen and oxygen atoms in total. The van der Waals surface area contributed by atoms with E-state index in [-0.39, 0.29) is 18.9 Å². The molecule has 11 rings (SSSR count). The second-order valence-corrected chi connectivity index (χ2v) is 22.7. The van der Waals surface area contributed by atoms with E-state index in [1.807, 2.05) is 107 Å². The maximum atomic E-state index is 16.0. The number of para-hydroxylation sites is 2. The van der Waals surface area contributed by atoms with Gasteiger partial charge in [0.25, 0.3) is 5.91 Å². The quantitative estimate of drug-likeness (QED) is 0.0446. The molecular weight excluding hydrogens is 937 g/mol. The number of amides is 1. The molecule has 1 unspecified atom stereocenters. The van der Waals surface area contributed by atoms with Crippen LogP contribution in [0, 0.1) is 11.3 Å². The first-order valence-electron chi connectivity index (χ1n) is 27.0. The van der Waals surface area contributed by atoms with Gasteiger partial charge in [0.1, 0.15) is 23.3 Å². The molecule has 3 fully saturated rings. The summed E-state index contributed by atoms with van der Waals surface area (Å²) in [6.07, 6.45) is 8.57. The Kier molecular flexibility index (Phi) is 12.4. The Labute approximate surface area is 433 Å². The molecule has 15 heteroatoms. The minimum Gasteiger partial charge on any atom is -0.496 e. The number of nitrogens with zero attached hydrogens (tertiary/aromatic N) is 3. The number of aliphatic hydroxyl groups excluding tert-OH is 1. The van der Waals surface area contributed by atoms with Gasteiger partial charge in [-0.3, -0.25) is 19.4 Å². The van der Waals surface area contributed by atoms with Crippen LogP contribution in [-0.2, 0) is 47.5 Å². The fraction of sp³-hybridized carbons (Fsp3) is 0.542. The zero-order valence-corrected chi connectivity index (χ0v) is 44.1. The number of nitrogens with one attached hydrogen (secondary N) is 3. The summed E-state index contributed by atoms with van der Waals surface area (Å²) in [5.74, 6) is -1.70. The zero-order chi connectivity index (χ0) is 52.2. The Morgan fingerprint density at radius 2 is 1.70 bits per heavy atom. The van der Waals surface area contributed by atoms with Gasteiger partial charge >= 0.3 is 11.9 Å². The Morgan fingerprint density at radius 1 is 0.946 bits per heavy atom. The van der Waals surface area contributed by atoms with Crippen LogP contribution in [0.4, 0.5) is 5.69 Å². The standard InChI is InChI=1S/C59H74N6O9/c1-8-11-27-74-49(66)45(28-37-33-60-43-19-14-12-17-38(37)43)62-52(68)59(71)51(67)56(10-3)22-16-24-65-26-23-58(50(56)65)41-29-42(47(72-6)30-46(41)63(5)54(58,59)4)57(53(69)73-7)32-36-31-55(70,9-2)35-64(34-36)25-21-40-39-18-13-15-20-44(39)61-48(40)57/h12-20,22,29-30,33,36,45,50-51,60-61,67,70-71H,8-11,21,23-28,31-32,34-35H2,1-7H3,(H,62,68)/t36-,45-,50-,51+,54+,55-,56+,57-,58+,59-/m0/s1. The van der Waals surface area contributed by atoms with E-state index >= 15 is 9.59 Å². The van der Waals surface area contributed by atoms with Crippen LogP contribution in [0.5, 0.6) is 5.75 Å². The van der Waals surface area contributed by atoms with Crippen molar-refractivity contribution in [2.75, 3.05) is 65.5 Å². The average molecular weight is 1010 g/mol. The fourth-order valence-corrected chi connectivity index (χ4v) is 15.9. The number of benzene rings is 3. The lowest BCUT2D eigenvalue weighted by Gasteiger charge is -2.68. The molecule has 5 aliphatic heterocycles. The summed E-state index contributed by atoms with van der Waals surface area (Å²) in [6.45, 7) is 11.2. The maximum absolute atomic E-state index is 16.0. The van der Waals surface area contributed by atoms with Crippen molar-refractivity contribution in [2.24, 2.45) is 11.3 Å². The SMILES string of the molecule is CCCCOC(=O)[C@H](Cc1c[nH]c2ccccc12)NC(=O)[C@@]1(O)[C@H](O)[C@]2(CC)C=CCN3CC[C@@]4(c5cc([C@@]6(C(=O)OC)C[C@H]7CN(CCc8c6[nH]c6ccccc86)C[C@](O)(CC)C7)c(OC)cc5N(C)[C@@]14C)[C@@H]32. The summed E-state index contributed by atoms with van der Waals surface area (Å²) in [7, 11) is 4.90. The molecule has 2 saturated heterocycles. The molecule has 5 aromatic rings. The van der Waals surface area contributed by atoms with Gasteiger partial charge in [0, 0.05) is 108 Å². The van der Waals surface area contributed by atoms with Crippen LogP contribution in [0.15, 0.2) is 79.0 Å². The highest BCUT2D eigenvalue weighted by atomic mass is 16.5. The van der Waals surface area contributed by atoms with E-state index in [0.29, 0.717) is 94.7 Å². The summed E-state index contributed by atoms with van der Waals surface area (Å²) < 4.78 is 18.4. The monoisotopic (exact) mass is 1010 g/mol. The molecule has 0 radical (unpaired) electrons. The summed E-state index contributed by atoms with van der Waals surface area (Å²) in [6, 6.07) is 18.3. The number of anilines is 1. The first-order chi connectivity index (χ1) is 35.5. The highest BCUT2D eigenvalue weighted by Crippen LogP contribution is 2.71. The number of ether oxygens (including phenoxy) is 3. The Bertz CT molecular complexity index is 3060. The number of piperidine rings is 1. The third kappa shape index (κ3) is 6.84. The number of hydrogen-bond donors (Lipinski definition) is 6. The van der Waals surface area contributed by atoms with Gasteiger partial charge in [0.2, 0.25) is 0 Å². The average Bonchev–Trinajstić information content (AvgIpc) is 4.28. The van der Waals surface area contributed by atoms with E-state index < -0.39 is 69.0 Å². The first kappa shape index (κ1) is 50.4. The van der Waals surface area contributed by atoms with E-state index in [4.69, 9.17) is 14.2 Å². The Hall–Kier alpha value is -5.71. The lowest BCUT2D eigenvalue weighted by atomic mass is 9.42. The van der Waals surface area contributed by atoms with Crippen LogP contribution in [0.25, 0.3) is 21.8 Å². The van der Waals surface area contributed by atoms with Crippen LogP contribution in [0.2, 0.25) is 0 Å². The molecule has 6 N–H and O–H groups in total. The number of unbranched alkanes of at least 4 members (excludes halogenated alkanes) is 1. The normalized spacial score (nSPS) is 33.4. The van der Waals surface area contributed by atoms with Crippen molar-refractivity contribution in [3.8, 4) is 5.75 Å². The van der Waals surface area contributed by atoms with E-state index in [2.05, 4.69) is 37.2 Å². The number of aliphatic hydroxyl groups is 3. The maximum Gasteiger partial charge on any atom is 0.328 e. The molecule has 3 aromatic carbocycles. The Morgan fingerprint density at radius 3 is 2.43 bits per heavy atom. The highest BCUT2D eigenvalue weighted by molar-refractivity contribution is 5.97. The number of hydrogen-bond acceptors (Lipinski definition) is 12. The minimum atomic E-state index is -2.57. The number of H-pyrrole nitrogens is 2. The molecule has 2 bridgehead atoms. The lowest BCUT2D eigenvalue weighted by Crippen LogP contribution is -2.87. The predicted octanol–water partition coefficient (Wildman–Crippen LogP) is 6.19. The molecule has 11 atom stereocenters. The number of likely N-dealkylation sites (N-methyl/N-ethyl adjacent to an activating group) is 1. The lowest BCUT2D eigenvalue weighted by molar-refractivity contribution is -0.224. The van der Waals surface area contributed by atoms with Crippen LogP contribution in [0.3, 0.4) is 0 Å². The topological polar surface area (TPSA) is 193 Å². The predicted molar refractivity (Wildman–Crippen MR) is 283 cm³/mol. The Balaban J connectivity index is 1.13. The van der Waals surface area contributed by atoms with E-state index in [0.717, 1.165) is 50.6 Å². The van der Waals surface area contributed by atoms with Gasteiger partial charge in [0.15, 0.2) is 5.60 Å². The minimum absolute atomic E-state index is 0.0698. The van der Waals surface area contributed by atoms with Gasteiger partial charge < -0.3 is 49.7 Å². The van der Waals surface area contributed by atoms with Crippen molar-refractivity contribution in [3.63, 3.8) is 0 Å². The first-order valence-corrected chi connectivity index (χ1v) is 27.0. The molecule has 1 amide bonds. The van der Waals surface area contributed by atoms with Crippen molar-refractivity contribution in [1.29, 1.82) is 0 Å². The summed E-state index contributed by atoms with van der Waals surface area (Å²) in [5.41, 5.74) is -2.47. The fourth-order valence-electron chi connectivity index (χ4n) is 15.9. The second kappa shape index (κ2) is 18.2. The van der Waals surface area contributed by atoms with E-state index in [1.165, 1.54) is 7.11 Å². The molecule has 394 valence electrons. The van der Waals surface area contributed by atoms with Gasteiger partial charge in [-0.05, 0) is 99.2 Å². The molecule has 74 heavy (non-hydrogen) atoms. The number of aromatic amines is 2. The number of methoxy groups -OCH3 is 2. The number of rotatable bonds is 13. The van der Waals surface area contributed by atoms with Crippen molar-refractivity contribution < 1.29 is 43.9 Å².